The van der Waals surface area contributed by atoms with Crippen molar-refractivity contribution in [2.45, 2.75) is 75.4 Å². The van der Waals surface area contributed by atoms with Crippen molar-refractivity contribution in [2.24, 2.45) is 0 Å². The van der Waals surface area contributed by atoms with E-state index in [1.807, 2.05) is 98.7 Å². The summed E-state index contributed by atoms with van der Waals surface area (Å²) in [4.78, 5) is 85.1. The van der Waals surface area contributed by atoms with Crippen molar-refractivity contribution in [1.82, 2.24) is 19.8 Å². The fraction of sp³-hybridized carbons (Fsp3) is 0.239. The highest BCUT2D eigenvalue weighted by Crippen LogP contribution is 2.38. The van der Waals surface area contributed by atoms with Gasteiger partial charge in [-0.25, -0.2) is 9.59 Å². The van der Waals surface area contributed by atoms with E-state index < -0.39 is 29.6 Å². The molecule has 10 rings (SSSR count). The van der Waals surface area contributed by atoms with E-state index in [9.17, 15) is 46.7 Å². The molecule has 24 heteroatoms. The number of aromatic amines is 2. The van der Waals surface area contributed by atoms with Gasteiger partial charge >= 0.3 is 23.2 Å². The Morgan fingerprint density at radius 1 is 0.560 bits per heavy atom. The predicted molar refractivity (Wildman–Crippen MR) is 360 cm³/mol. The van der Waals surface area contributed by atoms with E-state index in [-0.39, 0.29) is 28.0 Å². The highest BCUT2D eigenvalue weighted by Gasteiger charge is 2.34. The maximum absolute atomic E-state index is 12.3. The molecule has 3 amide bonds. The lowest BCUT2D eigenvalue weighted by atomic mass is 10.1. The molecule has 0 saturated carbocycles. The van der Waals surface area contributed by atoms with Crippen molar-refractivity contribution in [1.29, 1.82) is 0 Å². The molecule has 0 fully saturated rings. The number of nitrogens with one attached hydrogen (secondary N) is 3. The number of hydrogen-bond acceptors (Lipinski definition) is 13. The number of carbonyl (C=O) groups excluding carboxylic acids is 5. The molecule has 7 N–H and O–H groups in total. The van der Waals surface area contributed by atoms with Gasteiger partial charge in [-0.2, -0.15) is 13.2 Å². The monoisotopic (exact) mass is 1330 g/mol. The number of amides is 3. The van der Waals surface area contributed by atoms with Crippen molar-refractivity contribution in [3.63, 3.8) is 0 Å². The number of fused-ring (bicyclic) bond motifs is 3. The number of carbonyl (C=O) groups is 5. The third-order valence-corrected chi connectivity index (χ3v) is 14.8. The number of rotatable bonds is 4. The number of pyridine rings is 1. The fourth-order valence-electron chi connectivity index (χ4n) is 8.16. The van der Waals surface area contributed by atoms with Crippen LogP contribution in [0.25, 0.3) is 21.1 Å². The molecule has 3 heterocycles. The van der Waals surface area contributed by atoms with Gasteiger partial charge in [-0.1, -0.05) is 82.5 Å². The van der Waals surface area contributed by atoms with E-state index in [0.717, 1.165) is 90.1 Å². The van der Waals surface area contributed by atoms with Gasteiger partial charge in [0.2, 0.25) is 5.56 Å². The molecule has 1 aliphatic heterocycles. The molecule has 0 radical (unpaired) electrons. The van der Waals surface area contributed by atoms with Gasteiger partial charge in [0.05, 0.1) is 53.4 Å². The maximum Gasteiger partial charge on any atom is 0.418 e. The molecule has 17 nitrogen and oxygen atoms in total. The van der Waals surface area contributed by atoms with Crippen LogP contribution < -0.4 is 41.4 Å². The Morgan fingerprint density at radius 3 is 1.52 bits per heavy atom. The average Bonchev–Trinajstić information content (AvgIpc) is 1.84. The number of aromatic nitrogens is 2. The first kappa shape index (κ1) is 74.3. The van der Waals surface area contributed by atoms with Crippen LogP contribution in [0.4, 0.5) is 39.8 Å². The van der Waals surface area contributed by atoms with Crippen molar-refractivity contribution in [2.75, 3.05) is 51.6 Å². The summed E-state index contributed by atoms with van der Waals surface area (Å²) >= 11 is 18.2. The second-order valence-electron chi connectivity index (χ2n) is 21.2. The van der Waals surface area contributed by atoms with Crippen LogP contribution in [0.5, 0.6) is 17.2 Å². The van der Waals surface area contributed by atoms with Crippen LogP contribution in [0, 0.1) is 69.2 Å². The summed E-state index contributed by atoms with van der Waals surface area (Å²) in [7, 11) is 6.35. The van der Waals surface area contributed by atoms with E-state index in [1.54, 1.807) is 76.7 Å². The number of benzene rings is 7. The molecule has 0 aliphatic carbocycles. The fourth-order valence-corrected chi connectivity index (χ4v) is 9.92. The zero-order valence-electron chi connectivity index (χ0n) is 52.6. The molecule has 0 spiro atoms. The number of aldehydes is 2. The number of nitrogens with two attached hydrogens (primary N) is 2. The number of H-pyrrole nitrogens is 2. The van der Waals surface area contributed by atoms with Gasteiger partial charge in [0.1, 0.15) is 29.8 Å². The van der Waals surface area contributed by atoms with Crippen LogP contribution >= 0.6 is 46.1 Å². The highest BCUT2D eigenvalue weighted by molar-refractivity contribution is 7.16. The SMILES string of the molecule is Cc1cc(C=O)cc(C=O)c1.Cc1cc(Cl)c(N)c(C(F)(F)F)c1.Cc1cc(Cl)c(N)c(Cl)c1.Cc1cc(OC(=O)N(C)C)cc(OC(=O)N(C)C)c1.Cc1ccc(C)c2[nH]c(=O)ccc12.Cc1ccc(C)c2c1NC(=O)CO2.Cc1ccc(C)c2sc(=O)[nH]c12. The largest absolute Gasteiger partial charge is 0.481 e. The van der Waals surface area contributed by atoms with Crippen molar-refractivity contribution in [3.8, 4) is 17.2 Å². The van der Waals surface area contributed by atoms with Gasteiger partial charge in [-0.3, -0.25) is 24.0 Å². The van der Waals surface area contributed by atoms with Crippen LogP contribution in [0.2, 0.25) is 15.1 Å². The number of hydrogen-bond donors (Lipinski definition) is 5. The second-order valence-corrected chi connectivity index (χ2v) is 23.4. The second kappa shape index (κ2) is 33.6. The standard InChI is InChI=1S/C13H18N2O4.C11H11NO.C10H11NO2.C9H9NOS.C9H8O2.C8H7ClF3N.C7H7Cl2N/c1-9-6-10(18-12(16)14(2)3)8-11(7-9)19-13(17)15(4)5;1-7-3-4-8(2)11-9(7)5-6-10(13)12-11;1-6-3-4-7(2)10-9(6)11-8(12)5-13-10;1-5-3-4-6(2)8-7(5)10-9(11)12-8;1-7-2-8(5-10)4-9(3-7)6-11;1-4-2-5(8(10,11)12)7(13)6(9)3-4;1-4-2-5(8)7(10)6(9)3-4/h6-8H,1-5H3;3-6H,1-2H3,(H,12,13);3-4H,5H2,1-2H3,(H,11,12);3-4H,1-2H3,(H,10,11);2-6H,1H3;2-3H,13H2,1H3;2-3H,10H2,1H3. The number of nitrogens with zero attached hydrogens (tertiary/aromatic N) is 2. The van der Waals surface area contributed by atoms with Gasteiger partial charge in [0, 0.05) is 56.8 Å². The number of ether oxygens (including phenoxy) is 3. The minimum Gasteiger partial charge on any atom is -0.481 e. The lowest BCUT2D eigenvalue weighted by Gasteiger charge is -2.21. The average molecular weight is 1330 g/mol. The normalized spacial score (nSPS) is 10.9. The molecule has 7 aromatic carbocycles. The van der Waals surface area contributed by atoms with Crippen LogP contribution in [-0.2, 0) is 11.0 Å². The van der Waals surface area contributed by atoms with Gasteiger partial charge in [-0.05, 0) is 186 Å². The van der Waals surface area contributed by atoms with E-state index in [0.29, 0.717) is 43.9 Å². The van der Waals surface area contributed by atoms with Crippen molar-refractivity contribution >= 4 is 115 Å². The molecule has 91 heavy (non-hydrogen) atoms. The van der Waals surface area contributed by atoms with Crippen LogP contribution in [0.3, 0.4) is 0 Å². The van der Waals surface area contributed by atoms with Crippen LogP contribution in [0.1, 0.15) is 81.9 Å². The number of thiazole rings is 1. The summed E-state index contributed by atoms with van der Waals surface area (Å²) in [5.41, 5.74) is 23.5. The van der Waals surface area contributed by atoms with Gasteiger partial charge in [-0.15, -0.1) is 0 Å². The molecule has 0 saturated heterocycles. The van der Waals surface area contributed by atoms with Crippen LogP contribution in [0.15, 0.2) is 119 Å². The van der Waals surface area contributed by atoms with E-state index >= 15 is 0 Å². The number of nitrogen functional groups attached to an aromatic ring is 2. The summed E-state index contributed by atoms with van der Waals surface area (Å²) < 4.78 is 53.5. The molecular weight excluding hydrogens is 1260 g/mol. The van der Waals surface area contributed by atoms with Gasteiger partial charge in [0.15, 0.2) is 6.61 Å². The van der Waals surface area contributed by atoms with Gasteiger partial charge in [0.25, 0.3) is 5.91 Å². The molecule has 1 aliphatic rings. The Balaban J connectivity index is 0.000000228. The number of aryl methyl sites for hydroxylation is 10. The number of anilines is 3. The zero-order chi connectivity index (χ0) is 68.4. The summed E-state index contributed by atoms with van der Waals surface area (Å²) in [6.45, 7) is 19.2. The number of alkyl halides is 3. The molecular formula is C67H71Cl3F3N7O10S. The Morgan fingerprint density at radius 2 is 1.01 bits per heavy atom. The molecule has 0 bridgehead atoms. The third-order valence-electron chi connectivity index (χ3n) is 12.8. The summed E-state index contributed by atoms with van der Waals surface area (Å²) in [6.07, 6.45) is -3.95. The Hall–Kier alpha value is -9.15. The Kier molecular flexibility index (Phi) is 27.4. The molecule has 0 unspecified atom stereocenters. The Bertz CT molecular complexity index is 4110. The first-order valence-corrected chi connectivity index (χ1v) is 29.5. The number of halogens is 6. The lowest BCUT2D eigenvalue weighted by Crippen LogP contribution is -2.26. The van der Waals surface area contributed by atoms with E-state index in [2.05, 4.69) is 21.4 Å². The molecule has 2 aromatic heterocycles. The lowest BCUT2D eigenvalue weighted by molar-refractivity contribution is -0.137. The third kappa shape index (κ3) is 22.4. The quantitative estimate of drug-likeness (QED) is 0.0815. The minimum atomic E-state index is -4.44. The van der Waals surface area contributed by atoms with Gasteiger partial charge < -0.3 is 50.8 Å². The first-order chi connectivity index (χ1) is 42.5. The van der Waals surface area contributed by atoms with Crippen molar-refractivity contribution < 1.29 is 51.4 Å². The highest BCUT2D eigenvalue weighted by atomic mass is 35.5. The molecule has 482 valence electrons. The minimum absolute atomic E-state index is 0.0300. The predicted octanol–water partition coefficient (Wildman–Crippen LogP) is 15.9. The summed E-state index contributed by atoms with van der Waals surface area (Å²) in [6, 6.07) is 31.4. The summed E-state index contributed by atoms with van der Waals surface area (Å²) in [5.74, 6) is 1.39. The topological polar surface area (TPSA) is 249 Å². The molecule has 0 atom stereocenters. The van der Waals surface area contributed by atoms with Crippen LogP contribution in [-0.4, -0.2) is 85.2 Å². The zero-order valence-corrected chi connectivity index (χ0v) is 55.6. The van der Waals surface area contributed by atoms with E-state index in [4.69, 9.17) is 60.5 Å². The van der Waals surface area contributed by atoms with E-state index in [1.165, 1.54) is 51.3 Å². The maximum atomic E-state index is 12.3. The summed E-state index contributed by atoms with van der Waals surface area (Å²) in [5, 5.41) is 4.90. The Labute approximate surface area is 544 Å². The molecule has 9 aromatic rings. The first-order valence-electron chi connectivity index (χ1n) is 27.5. The van der Waals surface area contributed by atoms with Crippen molar-refractivity contribution in [3.05, 3.63) is 217 Å². The smallest absolute Gasteiger partial charge is 0.418 e.